The van der Waals surface area contributed by atoms with E-state index in [0.29, 0.717) is 12.3 Å². The summed E-state index contributed by atoms with van der Waals surface area (Å²) in [6.07, 6.45) is 2.44. The second kappa shape index (κ2) is 10.6. The molecule has 2 rings (SSSR count). The van der Waals surface area contributed by atoms with Crippen molar-refractivity contribution in [1.82, 2.24) is 14.7 Å². The number of piperazine rings is 1. The van der Waals surface area contributed by atoms with Crippen LogP contribution in [0.4, 0.5) is 0 Å². The third-order valence-electron chi connectivity index (χ3n) is 5.09. The predicted molar refractivity (Wildman–Crippen MR) is 105 cm³/mol. The van der Waals surface area contributed by atoms with Gasteiger partial charge in [-0.05, 0) is 39.2 Å². The molecule has 0 radical (unpaired) electrons. The predicted octanol–water partition coefficient (Wildman–Crippen LogP) is 1.36. The van der Waals surface area contributed by atoms with Gasteiger partial charge in [0.25, 0.3) is 0 Å². The average molecular weight is 397 g/mol. The summed E-state index contributed by atoms with van der Waals surface area (Å²) in [4.78, 5) is 30.9. The molecule has 0 aliphatic carbocycles. The van der Waals surface area contributed by atoms with Crippen molar-refractivity contribution >= 4 is 36.6 Å². The van der Waals surface area contributed by atoms with Crippen LogP contribution in [0.3, 0.4) is 0 Å². The van der Waals surface area contributed by atoms with E-state index in [9.17, 15) is 9.59 Å². The summed E-state index contributed by atoms with van der Waals surface area (Å²) < 4.78 is 0. The van der Waals surface area contributed by atoms with Crippen molar-refractivity contribution in [2.24, 2.45) is 11.7 Å². The monoisotopic (exact) mass is 396 g/mol. The molecule has 8 heteroatoms. The first-order valence-corrected chi connectivity index (χ1v) is 8.89. The Hall–Kier alpha value is -0.560. The summed E-state index contributed by atoms with van der Waals surface area (Å²) in [7, 11) is 0. The van der Waals surface area contributed by atoms with Gasteiger partial charge in [0.05, 0.1) is 5.54 Å². The molecule has 2 aliphatic rings. The molecule has 0 saturated carbocycles. The van der Waals surface area contributed by atoms with Gasteiger partial charge in [0.15, 0.2) is 0 Å². The van der Waals surface area contributed by atoms with Gasteiger partial charge in [-0.15, -0.1) is 24.8 Å². The highest BCUT2D eigenvalue weighted by Crippen LogP contribution is 2.23. The lowest BCUT2D eigenvalue weighted by atomic mass is 9.91. The van der Waals surface area contributed by atoms with E-state index in [2.05, 4.69) is 11.8 Å². The van der Waals surface area contributed by atoms with Crippen LogP contribution in [0.1, 0.15) is 40.0 Å². The third kappa shape index (κ3) is 6.93. The first-order valence-electron chi connectivity index (χ1n) is 8.89. The van der Waals surface area contributed by atoms with Crippen molar-refractivity contribution < 1.29 is 9.59 Å². The zero-order valence-electron chi connectivity index (χ0n) is 15.7. The molecule has 0 bridgehead atoms. The highest BCUT2D eigenvalue weighted by molar-refractivity contribution is 5.86. The fraction of sp³-hybridized carbons (Fsp3) is 0.882. The van der Waals surface area contributed by atoms with Crippen LogP contribution in [-0.2, 0) is 9.59 Å². The largest absolute Gasteiger partial charge is 0.341 e. The SMILES string of the molecule is CCN1CCN(C(=O)CC2CCN(C(=O)C(C)(C)N)CC2)CC1.Cl.Cl. The zero-order chi connectivity index (χ0) is 17.0. The van der Waals surface area contributed by atoms with Crippen molar-refractivity contribution in [3.8, 4) is 0 Å². The van der Waals surface area contributed by atoms with Crippen LogP contribution in [0.2, 0.25) is 0 Å². The van der Waals surface area contributed by atoms with Gasteiger partial charge in [-0.25, -0.2) is 0 Å². The lowest BCUT2D eigenvalue weighted by Gasteiger charge is -2.37. The summed E-state index contributed by atoms with van der Waals surface area (Å²) in [6.45, 7) is 11.9. The normalized spacial score (nSPS) is 19.8. The summed E-state index contributed by atoms with van der Waals surface area (Å²) in [5.74, 6) is 0.694. The van der Waals surface area contributed by atoms with Crippen LogP contribution in [0.25, 0.3) is 0 Å². The molecule has 0 aromatic carbocycles. The van der Waals surface area contributed by atoms with Crippen LogP contribution >= 0.6 is 24.8 Å². The van der Waals surface area contributed by atoms with Gasteiger partial charge in [0, 0.05) is 45.7 Å². The Labute approximate surface area is 164 Å². The van der Waals surface area contributed by atoms with Gasteiger partial charge in [-0.2, -0.15) is 0 Å². The molecule has 2 heterocycles. The standard InChI is InChI=1S/C17H32N4O2.2ClH/c1-4-19-9-11-20(12-10-19)15(22)13-14-5-7-21(8-6-14)16(23)17(2,3)18;;/h14H,4-13,18H2,1-3H3;2*1H. The van der Waals surface area contributed by atoms with E-state index in [1.807, 2.05) is 9.80 Å². The maximum atomic E-state index is 12.4. The van der Waals surface area contributed by atoms with Gasteiger partial charge < -0.3 is 20.4 Å². The maximum Gasteiger partial charge on any atom is 0.242 e. The van der Waals surface area contributed by atoms with E-state index in [-0.39, 0.29) is 36.6 Å². The van der Waals surface area contributed by atoms with Crippen LogP contribution in [-0.4, -0.2) is 77.9 Å². The topological polar surface area (TPSA) is 69.9 Å². The molecule has 0 spiro atoms. The van der Waals surface area contributed by atoms with E-state index < -0.39 is 5.54 Å². The fourth-order valence-electron chi connectivity index (χ4n) is 3.44. The molecule has 25 heavy (non-hydrogen) atoms. The second-order valence-corrected chi connectivity index (χ2v) is 7.48. The minimum absolute atomic E-state index is 0. The number of likely N-dealkylation sites (N-methyl/N-ethyl adjacent to an activating group) is 1. The van der Waals surface area contributed by atoms with Gasteiger partial charge in [-0.3, -0.25) is 9.59 Å². The Bertz CT molecular complexity index is 427. The van der Waals surface area contributed by atoms with Crippen molar-refractivity contribution in [3.63, 3.8) is 0 Å². The molecule has 0 atom stereocenters. The molecule has 6 nitrogen and oxygen atoms in total. The molecule has 2 N–H and O–H groups in total. The molecule has 0 unspecified atom stereocenters. The smallest absolute Gasteiger partial charge is 0.242 e. The van der Waals surface area contributed by atoms with Crippen LogP contribution in [0.15, 0.2) is 0 Å². The molecule has 0 aromatic rings. The molecule has 0 aromatic heterocycles. The number of carbonyl (C=O) groups is 2. The number of nitrogens with two attached hydrogens (primary N) is 1. The van der Waals surface area contributed by atoms with Crippen LogP contribution in [0.5, 0.6) is 0 Å². The Morgan fingerprint density at radius 1 is 0.960 bits per heavy atom. The number of amides is 2. The molecule has 148 valence electrons. The van der Waals surface area contributed by atoms with Crippen molar-refractivity contribution in [3.05, 3.63) is 0 Å². The van der Waals surface area contributed by atoms with E-state index >= 15 is 0 Å². The van der Waals surface area contributed by atoms with Crippen molar-refractivity contribution in [2.75, 3.05) is 45.8 Å². The Kier molecular flexibility index (Phi) is 10.3. The summed E-state index contributed by atoms with van der Waals surface area (Å²) in [5, 5.41) is 0. The van der Waals surface area contributed by atoms with E-state index in [4.69, 9.17) is 5.73 Å². The third-order valence-corrected chi connectivity index (χ3v) is 5.09. The minimum atomic E-state index is -0.804. The van der Waals surface area contributed by atoms with Gasteiger partial charge >= 0.3 is 0 Å². The zero-order valence-corrected chi connectivity index (χ0v) is 17.3. The number of halogens is 2. The lowest BCUT2D eigenvalue weighted by Crippen LogP contribution is -2.53. The number of hydrogen-bond donors (Lipinski definition) is 1. The highest BCUT2D eigenvalue weighted by Gasteiger charge is 2.32. The fourth-order valence-corrected chi connectivity index (χ4v) is 3.44. The number of nitrogens with zero attached hydrogens (tertiary/aromatic N) is 3. The van der Waals surface area contributed by atoms with Crippen LogP contribution < -0.4 is 5.73 Å². The maximum absolute atomic E-state index is 12.4. The van der Waals surface area contributed by atoms with Crippen molar-refractivity contribution in [2.45, 2.75) is 45.6 Å². The molecule has 2 aliphatic heterocycles. The lowest BCUT2D eigenvalue weighted by molar-refractivity contribution is -0.138. The first-order chi connectivity index (χ1) is 10.8. The number of piperidine rings is 1. The first kappa shape index (κ1) is 24.4. The average Bonchev–Trinajstić information content (AvgIpc) is 2.54. The number of likely N-dealkylation sites (tertiary alicyclic amines) is 1. The van der Waals surface area contributed by atoms with Gasteiger partial charge in [0.1, 0.15) is 0 Å². The van der Waals surface area contributed by atoms with E-state index in [1.54, 1.807) is 13.8 Å². The summed E-state index contributed by atoms with van der Waals surface area (Å²) in [5.41, 5.74) is 5.09. The number of rotatable bonds is 4. The van der Waals surface area contributed by atoms with Crippen molar-refractivity contribution in [1.29, 1.82) is 0 Å². The molecular formula is C17H34Cl2N4O2. The number of hydrogen-bond acceptors (Lipinski definition) is 4. The van der Waals surface area contributed by atoms with E-state index in [1.165, 1.54) is 0 Å². The Morgan fingerprint density at radius 2 is 1.48 bits per heavy atom. The highest BCUT2D eigenvalue weighted by atomic mass is 35.5. The minimum Gasteiger partial charge on any atom is -0.341 e. The molecule has 2 amide bonds. The van der Waals surface area contributed by atoms with Gasteiger partial charge in [0.2, 0.25) is 11.8 Å². The van der Waals surface area contributed by atoms with Crippen LogP contribution in [0, 0.1) is 5.92 Å². The molecule has 2 saturated heterocycles. The number of carbonyl (C=O) groups excluding carboxylic acids is 2. The summed E-state index contributed by atoms with van der Waals surface area (Å²) >= 11 is 0. The second-order valence-electron chi connectivity index (χ2n) is 7.48. The Balaban J connectivity index is 0.00000288. The quantitative estimate of drug-likeness (QED) is 0.778. The van der Waals surface area contributed by atoms with Gasteiger partial charge in [-0.1, -0.05) is 6.92 Å². The van der Waals surface area contributed by atoms with E-state index in [0.717, 1.165) is 58.7 Å². The molecule has 2 fully saturated rings. The molecular weight excluding hydrogens is 363 g/mol. The summed E-state index contributed by atoms with van der Waals surface area (Å²) in [6, 6.07) is 0. The Morgan fingerprint density at radius 3 is 1.92 bits per heavy atom.